The van der Waals surface area contributed by atoms with Crippen molar-refractivity contribution < 1.29 is 9.90 Å². The smallest absolute Gasteiger partial charge is 0.307 e. The van der Waals surface area contributed by atoms with E-state index in [2.05, 4.69) is 34.5 Å². The van der Waals surface area contributed by atoms with Gasteiger partial charge in [-0.2, -0.15) is 0 Å². The van der Waals surface area contributed by atoms with E-state index in [1.165, 1.54) is 24.1 Å². The van der Waals surface area contributed by atoms with E-state index in [-0.39, 0.29) is 12.0 Å². The lowest BCUT2D eigenvalue weighted by Gasteiger charge is -2.19. The molecule has 2 unspecified atom stereocenters. The average Bonchev–Trinajstić information content (AvgIpc) is 3.11. The molecule has 2 fully saturated rings. The van der Waals surface area contributed by atoms with Gasteiger partial charge in [0.15, 0.2) is 0 Å². The molecular formula is C15H20N2O2. The summed E-state index contributed by atoms with van der Waals surface area (Å²) in [6.45, 7) is 2.89. The zero-order chi connectivity index (χ0) is 13.2. The van der Waals surface area contributed by atoms with Gasteiger partial charge in [-0.3, -0.25) is 4.79 Å². The van der Waals surface area contributed by atoms with E-state index in [1.54, 1.807) is 0 Å². The summed E-state index contributed by atoms with van der Waals surface area (Å²) in [5.41, 5.74) is 2.49. The summed E-state index contributed by atoms with van der Waals surface area (Å²) < 4.78 is 0. The van der Waals surface area contributed by atoms with Crippen LogP contribution in [0.5, 0.6) is 0 Å². The molecule has 2 N–H and O–H groups in total. The molecule has 2 heterocycles. The quantitative estimate of drug-likeness (QED) is 0.873. The molecule has 1 aromatic rings. The molecule has 0 radical (unpaired) electrons. The number of nitrogens with zero attached hydrogens (tertiary/aromatic N) is 1. The second-order valence-electron chi connectivity index (χ2n) is 5.52. The molecule has 102 valence electrons. The van der Waals surface area contributed by atoms with E-state index in [0.29, 0.717) is 13.0 Å². The number of carboxylic acids is 1. The number of anilines is 1. The number of nitrogens with one attached hydrogen (secondary N) is 1. The van der Waals surface area contributed by atoms with Crippen molar-refractivity contribution in [2.75, 3.05) is 24.5 Å². The van der Waals surface area contributed by atoms with Gasteiger partial charge in [-0.05, 0) is 37.0 Å². The maximum absolute atomic E-state index is 11.0. The summed E-state index contributed by atoms with van der Waals surface area (Å²) in [6.07, 6.45) is 3.26. The number of hydrogen-bond donors (Lipinski definition) is 2. The maximum Gasteiger partial charge on any atom is 0.307 e. The molecule has 1 aromatic carbocycles. The highest BCUT2D eigenvalue weighted by Gasteiger charge is 2.30. The van der Waals surface area contributed by atoms with E-state index in [1.807, 2.05) is 0 Å². The minimum Gasteiger partial charge on any atom is -0.481 e. The standard InChI is InChI=1S/C15H20N2O2/c18-15(19)12-9-14(16-10-12)11-3-5-13(6-4-11)17-7-1-2-8-17/h3-6,12,14,16H,1-2,7-10H2,(H,18,19). The van der Waals surface area contributed by atoms with Crippen molar-refractivity contribution in [2.45, 2.75) is 25.3 Å². The van der Waals surface area contributed by atoms with E-state index < -0.39 is 5.97 Å². The molecule has 2 atom stereocenters. The fourth-order valence-electron chi connectivity index (χ4n) is 3.07. The molecule has 19 heavy (non-hydrogen) atoms. The zero-order valence-corrected chi connectivity index (χ0v) is 11.0. The van der Waals surface area contributed by atoms with Crippen molar-refractivity contribution in [1.29, 1.82) is 0 Å². The fourth-order valence-corrected chi connectivity index (χ4v) is 3.07. The molecule has 0 bridgehead atoms. The van der Waals surface area contributed by atoms with Gasteiger partial charge in [0.25, 0.3) is 0 Å². The molecule has 0 saturated carbocycles. The molecule has 2 saturated heterocycles. The van der Waals surface area contributed by atoms with Crippen LogP contribution in [0.15, 0.2) is 24.3 Å². The highest BCUT2D eigenvalue weighted by molar-refractivity contribution is 5.70. The molecule has 2 aliphatic heterocycles. The van der Waals surface area contributed by atoms with Crippen LogP contribution >= 0.6 is 0 Å². The van der Waals surface area contributed by atoms with Crippen LogP contribution in [0.4, 0.5) is 5.69 Å². The van der Waals surface area contributed by atoms with Gasteiger partial charge >= 0.3 is 5.97 Å². The third kappa shape index (κ3) is 2.59. The van der Waals surface area contributed by atoms with Gasteiger partial charge in [-0.15, -0.1) is 0 Å². The first kappa shape index (κ1) is 12.5. The van der Waals surface area contributed by atoms with Crippen LogP contribution in [0.1, 0.15) is 30.9 Å². The Morgan fingerprint density at radius 2 is 1.89 bits per heavy atom. The Hall–Kier alpha value is -1.55. The first-order chi connectivity index (χ1) is 9.24. The summed E-state index contributed by atoms with van der Waals surface area (Å²) in [7, 11) is 0. The Labute approximate surface area is 113 Å². The van der Waals surface area contributed by atoms with Gasteiger partial charge < -0.3 is 15.3 Å². The predicted octanol–water partition coefficient (Wildman–Crippen LogP) is 2.02. The molecule has 4 heteroatoms. The molecule has 0 spiro atoms. The Bertz CT molecular complexity index is 452. The first-order valence-corrected chi connectivity index (χ1v) is 7.05. The van der Waals surface area contributed by atoms with Crippen LogP contribution < -0.4 is 10.2 Å². The number of carbonyl (C=O) groups is 1. The molecule has 0 aliphatic carbocycles. The van der Waals surface area contributed by atoms with Crippen LogP contribution in [-0.4, -0.2) is 30.7 Å². The van der Waals surface area contributed by atoms with E-state index in [4.69, 9.17) is 5.11 Å². The highest BCUT2D eigenvalue weighted by Crippen LogP contribution is 2.29. The predicted molar refractivity (Wildman–Crippen MR) is 74.4 cm³/mol. The summed E-state index contributed by atoms with van der Waals surface area (Å²) in [5, 5.41) is 12.3. The molecule has 0 aromatic heterocycles. The first-order valence-electron chi connectivity index (χ1n) is 7.05. The molecule has 2 aliphatic rings. The lowest BCUT2D eigenvalue weighted by molar-refractivity contribution is -0.141. The lowest BCUT2D eigenvalue weighted by atomic mass is 10.00. The van der Waals surface area contributed by atoms with Crippen molar-refractivity contribution in [3.63, 3.8) is 0 Å². The molecular weight excluding hydrogens is 240 g/mol. The van der Waals surface area contributed by atoms with Gasteiger partial charge in [0.1, 0.15) is 0 Å². The van der Waals surface area contributed by atoms with Crippen LogP contribution in [0.3, 0.4) is 0 Å². The van der Waals surface area contributed by atoms with Gasteiger partial charge in [0.05, 0.1) is 5.92 Å². The van der Waals surface area contributed by atoms with Gasteiger partial charge in [-0.25, -0.2) is 0 Å². The second kappa shape index (κ2) is 5.21. The Kier molecular flexibility index (Phi) is 3.42. The lowest BCUT2D eigenvalue weighted by Crippen LogP contribution is -2.18. The van der Waals surface area contributed by atoms with E-state index in [0.717, 1.165) is 13.1 Å². The van der Waals surface area contributed by atoms with Crippen LogP contribution in [0.25, 0.3) is 0 Å². The number of aliphatic carboxylic acids is 1. The van der Waals surface area contributed by atoms with Crippen molar-refractivity contribution in [3.8, 4) is 0 Å². The van der Waals surface area contributed by atoms with Crippen molar-refractivity contribution >= 4 is 11.7 Å². The van der Waals surface area contributed by atoms with E-state index in [9.17, 15) is 4.79 Å². The monoisotopic (exact) mass is 260 g/mol. The average molecular weight is 260 g/mol. The van der Waals surface area contributed by atoms with Crippen LogP contribution in [0.2, 0.25) is 0 Å². The SMILES string of the molecule is O=C(O)C1CNC(c2ccc(N3CCCC3)cc2)C1. The van der Waals surface area contributed by atoms with Crippen molar-refractivity contribution in [3.05, 3.63) is 29.8 Å². The van der Waals surface area contributed by atoms with Gasteiger partial charge in [0.2, 0.25) is 0 Å². The fraction of sp³-hybridized carbons (Fsp3) is 0.533. The summed E-state index contributed by atoms with van der Waals surface area (Å²) in [4.78, 5) is 13.4. The topological polar surface area (TPSA) is 52.6 Å². The van der Waals surface area contributed by atoms with Crippen molar-refractivity contribution in [2.24, 2.45) is 5.92 Å². The Morgan fingerprint density at radius 1 is 1.21 bits per heavy atom. The third-order valence-corrected chi connectivity index (χ3v) is 4.25. The minimum atomic E-state index is -0.691. The van der Waals surface area contributed by atoms with E-state index >= 15 is 0 Å². The second-order valence-corrected chi connectivity index (χ2v) is 5.52. The maximum atomic E-state index is 11.0. The number of rotatable bonds is 3. The molecule has 3 rings (SSSR count). The minimum absolute atomic E-state index is 0.189. The number of benzene rings is 1. The number of carboxylic acid groups (broad SMARTS) is 1. The zero-order valence-electron chi connectivity index (χ0n) is 11.0. The Morgan fingerprint density at radius 3 is 2.47 bits per heavy atom. The van der Waals surface area contributed by atoms with Crippen LogP contribution in [-0.2, 0) is 4.79 Å². The molecule has 4 nitrogen and oxygen atoms in total. The largest absolute Gasteiger partial charge is 0.481 e. The highest BCUT2D eigenvalue weighted by atomic mass is 16.4. The number of hydrogen-bond acceptors (Lipinski definition) is 3. The van der Waals surface area contributed by atoms with Crippen molar-refractivity contribution in [1.82, 2.24) is 5.32 Å². The summed E-state index contributed by atoms with van der Waals surface area (Å²) in [6, 6.07) is 8.78. The Balaban J connectivity index is 1.67. The normalized spacial score (nSPS) is 26.8. The summed E-state index contributed by atoms with van der Waals surface area (Å²) >= 11 is 0. The summed E-state index contributed by atoms with van der Waals surface area (Å²) in [5.74, 6) is -0.938. The molecule has 0 amide bonds. The third-order valence-electron chi connectivity index (χ3n) is 4.25. The van der Waals surface area contributed by atoms with Gasteiger partial charge in [0, 0.05) is 31.4 Å². The van der Waals surface area contributed by atoms with Crippen LogP contribution in [0, 0.1) is 5.92 Å². The van der Waals surface area contributed by atoms with Gasteiger partial charge in [-0.1, -0.05) is 12.1 Å².